The van der Waals surface area contributed by atoms with Crippen molar-refractivity contribution in [3.63, 3.8) is 0 Å². The Kier molecular flexibility index (Phi) is 7.06. The standard InChI is InChI=1S/C19H29NO4/c1-4-23-19(22)16-5-7-20(8-6-16)12-17(21)13-24-18-10-14(2)9-15(3)11-18/h9-11,16-17,21H,4-8,12-13H2,1-3H3/t17-/m0/s1. The lowest BCUT2D eigenvalue weighted by Crippen LogP contribution is -2.42. The number of benzene rings is 1. The van der Waals surface area contributed by atoms with Crippen LogP contribution in [0.2, 0.25) is 0 Å². The summed E-state index contributed by atoms with van der Waals surface area (Å²) in [7, 11) is 0. The molecule has 1 N–H and O–H groups in total. The van der Waals surface area contributed by atoms with Crippen molar-refractivity contribution in [2.24, 2.45) is 5.92 Å². The highest BCUT2D eigenvalue weighted by Gasteiger charge is 2.26. The van der Waals surface area contributed by atoms with Crippen LogP contribution in [0.3, 0.4) is 0 Å². The molecule has 0 unspecified atom stereocenters. The Hall–Kier alpha value is -1.59. The van der Waals surface area contributed by atoms with Crippen LogP contribution < -0.4 is 4.74 Å². The van der Waals surface area contributed by atoms with Gasteiger partial charge in [-0.3, -0.25) is 4.79 Å². The van der Waals surface area contributed by atoms with E-state index in [-0.39, 0.29) is 18.5 Å². The van der Waals surface area contributed by atoms with Gasteiger partial charge in [-0.25, -0.2) is 0 Å². The van der Waals surface area contributed by atoms with Gasteiger partial charge < -0.3 is 19.5 Å². The number of esters is 1. The Labute approximate surface area is 144 Å². The van der Waals surface area contributed by atoms with E-state index in [1.165, 1.54) is 0 Å². The van der Waals surface area contributed by atoms with E-state index >= 15 is 0 Å². The summed E-state index contributed by atoms with van der Waals surface area (Å²) >= 11 is 0. The maximum atomic E-state index is 11.7. The zero-order valence-corrected chi connectivity index (χ0v) is 15.0. The monoisotopic (exact) mass is 335 g/mol. The number of aryl methyl sites for hydroxylation is 2. The van der Waals surface area contributed by atoms with Crippen molar-refractivity contribution in [3.8, 4) is 5.75 Å². The molecule has 0 amide bonds. The minimum Gasteiger partial charge on any atom is -0.491 e. The number of nitrogens with zero attached hydrogens (tertiary/aromatic N) is 1. The summed E-state index contributed by atoms with van der Waals surface area (Å²) in [6.45, 7) is 8.80. The molecule has 0 spiro atoms. The topological polar surface area (TPSA) is 59.0 Å². The van der Waals surface area contributed by atoms with Crippen molar-refractivity contribution >= 4 is 5.97 Å². The third kappa shape index (κ3) is 5.80. The Morgan fingerprint density at radius 2 is 1.88 bits per heavy atom. The molecule has 0 bridgehead atoms. The molecular formula is C19H29NO4. The Morgan fingerprint density at radius 1 is 1.25 bits per heavy atom. The molecule has 5 heteroatoms. The summed E-state index contributed by atoms with van der Waals surface area (Å²) in [4.78, 5) is 13.9. The average Bonchev–Trinajstić information content (AvgIpc) is 2.53. The van der Waals surface area contributed by atoms with Gasteiger partial charge >= 0.3 is 5.97 Å². The molecule has 0 aliphatic carbocycles. The summed E-state index contributed by atoms with van der Waals surface area (Å²) in [5.41, 5.74) is 2.31. The van der Waals surface area contributed by atoms with E-state index in [0.29, 0.717) is 13.2 Å². The number of β-amino-alcohol motifs (C(OH)–C–C–N with tert-alkyl or cyclic N) is 1. The maximum Gasteiger partial charge on any atom is 0.309 e. The summed E-state index contributed by atoms with van der Waals surface area (Å²) in [5.74, 6) is 0.716. The van der Waals surface area contributed by atoms with Gasteiger partial charge in [0.15, 0.2) is 0 Å². The smallest absolute Gasteiger partial charge is 0.309 e. The van der Waals surface area contributed by atoms with E-state index in [1.54, 1.807) is 0 Å². The zero-order chi connectivity index (χ0) is 17.5. The number of likely N-dealkylation sites (tertiary alicyclic amines) is 1. The molecule has 5 nitrogen and oxygen atoms in total. The van der Waals surface area contributed by atoms with Crippen LogP contribution in [-0.4, -0.2) is 54.9 Å². The number of piperidine rings is 1. The van der Waals surface area contributed by atoms with Gasteiger partial charge in [0, 0.05) is 6.54 Å². The van der Waals surface area contributed by atoms with Crippen LogP contribution in [0, 0.1) is 19.8 Å². The molecule has 0 saturated carbocycles. The normalized spacial score (nSPS) is 17.5. The molecule has 1 aliphatic rings. The van der Waals surface area contributed by atoms with E-state index < -0.39 is 6.10 Å². The van der Waals surface area contributed by atoms with E-state index in [9.17, 15) is 9.90 Å². The average molecular weight is 335 g/mol. The Morgan fingerprint density at radius 3 is 2.46 bits per heavy atom. The number of carbonyl (C=O) groups excluding carboxylic acids is 1. The van der Waals surface area contributed by atoms with Gasteiger partial charge in [-0.05, 0) is 70.0 Å². The quantitative estimate of drug-likeness (QED) is 0.775. The van der Waals surface area contributed by atoms with Crippen LogP contribution in [-0.2, 0) is 9.53 Å². The first-order valence-corrected chi connectivity index (χ1v) is 8.76. The summed E-state index contributed by atoms with van der Waals surface area (Å²) in [6, 6.07) is 6.05. The largest absolute Gasteiger partial charge is 0.491 e. The van der Waals surface area contributed by atoms with Gasteiger partial charge in [-0.15, -0.1) is 0 Å². The first-order valence-electron chi connectivity index (χ1n) is 8.76. The summed E-state index contributed by atoms with van der Waals surface area (Å²) < 4.78 is 10.8. The van der Waals surface area contributed by atoms with Gasteiger partial charge in [-0.2, -0.15) is 0 Å². The SMILES string of the molecule is CCOC(=O)C1CCN(C[C@H](O)COc2cc(C)cc(C)c2)CC1. The van der Waals surface area contributed by atoms with Crippen LogP contribution in [0.5, 0.6) is 5.75 Å². The molecule has 1 saturated heterocycles. The Balaban J connectivity index is 1.71. The molecule has 1 atom stereocenters. The van der Waals surface area contributed by atoms with Crippen LogP contribution in [0.1, 0.15) is 30.9 Å². The maximum absolute atomic E-state index is 11.7. The molecule has 1 aliphatic heterocycles. The van der Waals surface area contributed by atoms with Crippen molar-refractivity contribution in [2.75, 3.05) is 32.8 Å². The van der Waals surface area contributed by atoms with E-state index in [4.69, 9.17) is 9.47 Å². The summed E-state index contributed by atoms with van der Waals surface area (Å²) in [5, 5.41) is 10.2. The first-order chi connectivity index (χ1) is 11.5. The molecule has 1 aromatic carbocycles. The molecule has 1 aromatic rings. The highest BCUT2D eigenvalue weighted by Crippen LogP contribution is 2.19. The van der Waals surface area contributed by atoms with Crippen molar-refractivity contribution in [3.05, 3.63) is 29.3 Å². The van der Waals surface area contributed by atoms with Gasteiger partial charge in [0.2, 0.25) is 0 Å². The van der Waals surface area contributed by atoms with Crippen LogP contribution in [0.25, 0.3) is 0 Å². The van der Waals surface area contributed by atoms with Crippen molar-refractivity contribution < 1.29 is 19.4 Å². The molecule has 1 heterocycles. The number of carbonyl (C=O) groups is 1. The molecule has 0 radical (unpaired) electrons. The number of hydrogen-bond donors (Lipinski definition) is 1. The second kappa shape index (κ2) is 9.04. The fourth-order valence-corrected chi connectivity index (χ4v) is 3.17. The second-order valence-corrected chi connectivity index (χ2v) is 6.62. The lowest BCUT2D eigenvalue weighted by molar-refractivity contribution is -0.149. The van der Waals surface area contributed by atoms with Crippen LogP contribution in [0.4, 0.5) is 0 Å². The van der Waals surface area contributed by atoms with Crippen molar-refractivity contribution in [1.82, 2.24) is 4.90 Å². The zero-order valence-electron chi connectivity index (χ0n) is 15.0. The molecule has 1 fully saturated rings. The molecule has 24 heavy (non-hydrogen) atoms. The van der Waals surface area contributed by atoms with Crippen LogP contribution in [0.15, 0.2) is 18.2 Å². The third-order valence-corrected chi connectivity index (χ3v) is 4.31. The molecule has 0 aromatic heterocycles. The predicted octanol–water partition coefficient (Wildman–Crippen LogP) is 2.32. The van der Waals surface area contributed by atoms with Gasteiger partial charge in [-0.1, -0.05) is 6.07 Å². The molecule has 134 valence electrons. The van der Waals surface area contributed by atoms with Crippen molar-refractivity contribution in [1.29, 1.82) is 0 Å². The van der Waals surface area contributed by atoms with E-state index in [1.807, 2.05) is 32.9 Å². The fourth-order valence-electron chi connectivity index (χ4n) is 3.17. The Bertz CT molecular complexity index is 518. The van der Waals surface area contributed by atoms with Crippen LogP contribution >= 0.6 is 0 Å². The number of hydrogen-bond acceptors (Lipinski definition) is 5. The molecular weight excluding hydrogens is 306 g/mol. The number of ether oxygens (including phenoxy) is 2. The highest BCUT2D eigenvalue weighted by atomic mass is 16.5. The highest BCUT2D eigenvalue weighted by molar-refractivity contribution is 5.72. The lowest BCUT2D eigenvalue weighted by Gasteiger charge is -2.32. The van der Waals surface area contributed by atoms with Crippen molar-refractivity contribution in [2.45, 2.75) is 39.7 Å². The predicted molar refractivity (Wildman–Crippen MR) is 93.2 cm³/mol. The van der Waals surface area contributed by atoms with Gasteiger partial charge in [0.05, 0.1) is 12.5 Å². The fraction of sp³-hybridized carbons (Fsp3) is 0.632. The summed E-state index contributed by atoms with van der Waals surface area (Å²) in [6.07, 6.45) is 1.05. The number of rotatable bonds is 7. The number of aliphatic hydroxyl groups excluding tert-OH is 1. The van der Waals surface area contributed by atoms with Gasteiger partial charge in [0.25, 0.3) is 0 Å². The minimum absolute atomic E-state index is 0.00450. The van der Waals surface area contributed by atoms with E-state index in [2.05, 4.69) is 11.0 Å². The number of aliphatic hydroxyl groups is 1. The van der Waals surface area contributed by atoms with E-state index in [0.717, 1.165) is 42.8 Å². The minimum atomic E-state index is -0.537. The first kappa shape index (κ1) is 18.7. The third-order valence-electron chi connectivity index (χ3n) is 4.31. The van der Waals surface area contributed by atoms with Gasteiger partial charge in [0.1, 0.15) is 18.5 Å². The lowest BCUT2D eigenvalue weighted by atomic mass is 9.97. The second-order valence-electron chi connectivity index (χ2n) is 6.62. The molecule has 2 rings (SSSR count).